The second-order valence-electron chi connectivity index (χ2n) is 1.98. The average Bonchev–Trinajstić information content (AvgIpc) is 2.04. The van der Waals surface area contributed by atoms with Gasteiger partial charge in [-0.05, 0) is 0 Å². The van der Waals surface area contributed by atoms with Crippen LogP contribution in [0, 0.1) is 4.64 Å². The van der Waals surface area contributed by atoms with E-state index in [-0.39, 0.29) is 0 Å². The summed E-state index contributed by atoms with van der Waals surface area (Å²) in [5, 5.41) is 6.49. The van der Waals surface area contributed by atoms with Gasteiger partial charge in [0.2, 0.25) is 0 Å². The summed E-state index contributed by atoms with van der Waals surface area (Å²) in [5.74, 6) is 0. The summed E-state index contributed by atoms with van der Waals surface area (Å²) < 4.78 is 0.595. The van der Waals surface area contributed by atoms with Crippen LogP contribution in [0.5, 0.6) is 0 Å². The number of H-pyrrole nitrogens is 1. The molecule has 1 N–H and O–H groups in total. The Kier molecular flexibility index (Phi) is 2.33. The van der Waals surface area contributed by atoms with Crippen LogP contribution in [0.2, 0.25) is 0 Å². The van der Waals surface area contributed by atoms with Gasteiger partial charge in [0, 0.05) is 11.1 Å². The van der Waals surface area contributed by atoms with Crippen LogP contribution in [-0.2, 0) is 0 Å². The summed E-state index contributed by atoms with van der Waals surface area (Å²) in [6.07, 6.45) is 5.06. The van der Waals surface area contributed by atoms with Gasteiger partial charge in [-0.25, -0.2) is 0 Å². The van der Waals surface area contributed by atoms with E-state index in [1.807, 2.05) is 0 Å². The van der Waals surface area contributed by atoms with Crippen molar-refractivity contribution in [3.63, 3.8) is 0 Å². The summed E-state index contributed by atoms with van der Waals surface area (Å²) >= 11 is 4.97. The molecule has 0 bridgehead atoms. The quantitative estimate of drug-likeness (QED) is 0.680. The number of hydrogen-bond donors (Lipinski definition) is 1. The van der Waals surface area contributed by atoms with E-state index >= 15 is 0 Å². The van der Waals surface area contributed by atoms with E-state index in [0.717, 1.165) is 11.1 Å². The van der Waals surface area contributed by atoms with Crippen LogP contribution in [0.1, 0.15) is 11.1 Å². The Hall–Kier alpha value is -1.22. The second kappa shape index (κ2) is 3.25. The van der Waals surface area contributed by atoms with Crippen LogP contribution >= 0.6 is 12.2 Å². The van der Waals surface area contributed by atoms with Crippen LogP contribution in [0.3, 0.4) is 0 Å². The maximum absolute atomic E-state index is 4.97. The number of hydrogen-bond acceptors (Lipinski definition) is 2. The fraction of sp³-hybridized carbons (Fsp3) is 0. The second-order valence-corrected chi connectivity index (χ2v) is 2.38. The molecule has 0 saturated carbocycles. The van der Waals surface area contributed by atoms with Crippen molar-refractivity contribution in [1.82, 2.24) is 10.2 Å². The zero-order valence-corrected chi connectivity index (χ0v) is 6.82. The summed E-state index contributed by atoms with van der Waals surface area (Å²) in [7, 11) is 0. The normalized spacial score (nSPS) is 9.09. The Morgan fingerprint density at radius 1 is 1.45 bits per heavy atom. The molecule has 1 rings (SSSR count). The molecule has 0 aromatic carbocycles. The molecule has 56 valence electrons. The predicted octanol–water partition coefficient (Wildman–Crippen LogP) is 2.43. The summed E-state index contributed by atoms with van der Waals surface area (Å²) in [4.78, 5) is 0. The Morgan fingerprint density at radius 2 is 2.18 bits per heavy atom. The van der Waals surface area contributed by atoms with Crippen LogP contribution in [0.25, 0.3) is 12.2 Å². The largest absolute Gasteiger partial charge is 0.267 e. The van der Waals surface area contributed by atoms with E-state index in [4.69, 9.17) is 12.2 Å². The molecule has 1 aromatic rings. The van der Waals surface area contributed by atoms with E-state index in [0.29, 0.717) is 4.64 Å². The minimum absolute atomic E-state index is 0.595. The fourth-order valence-corrected chi connectivity index (χ4v) is 1.05. The lowest BCUT2D eigenvalue weighted by atomic mass is 10.2. The van der Waals surface area contributed by atoms with Gasteiger partial charge in [-0.2, -0.15) is 5.10 Å². The smallest absolute Gasteiger partial charge is 0.127 e. The van der Waals surface area contributed by atoms with E-state index in [1.54, 1.807) is 18.3 Å². The van der Waals surface area contributed by atoms with Crippen molar-refractivity contribution in [2.24, 2.45) is 0 Å². The maximum Gasteiger partial charge on any atom is 0.127 e. The maximum atomic E-state index is 4.97. The lowest BCUT2D eigenvalue weighted by molar-refractivity contribution is 1.01. The average molecular weight is 164 g/mol. The number of nitrogens with one attached hydrogen (secondary N) is 1. The van der Waals surface area contributed by atoms with Crippen molar-refractivity contribution < 1.29 is 0 Å². The molecule has 0 unspecified atom stereocenters. The van der Waals surface area contributed by atoms with Crippen LogP contribution < -0.4 is 0 Å². The number of rotatable bonds is 2. The molecule has 0 radical (unpaired) electrons. The van der Waals surface area contributed by atoms with Crippen molar-refractivity contribution in [3.8, 4) is 0 Å². The molecule has 1 aromatic heterocycles. The van der Waals surface area contributed by atoms with Gasteiger partial charge in [-0.1, -0.05) is 37.5 Å². The lowest BCUT2D eigenvalue weighted by Gasteiger charge is -1.97. The first-order valence-electron chi connectivity index (χ1n) is 3.12. The van der Waals surface area contributed by atoms with Crippen molar-refractivity contribution >= 4 is 24.4 Å². The van der Waals surface area contributed by atoms with Gasteiger partial charge < -0.3 is 0 Å². The molecular formula is C8H8N2S. The molecule has 2 nitrogen and oxygen atoms in total. The number of aromatic nitrogens is 2. The molecule has 0 amide bonds. The molecule has 3 heteroatoms. The van der Waals surface area contributed by atoms with Crippen molar-refractivity contribution in [2.45, 2.75) is 0 Å². The van der Waals surface area contributed by atoms with Gasteiger partial charge >= 0.3 is 0 Å². The topological polar surface area (TPSA) is 28.7 Å². The van der Waals surface area contributed by atoms with Crippen molar-refractivity contribution in [1.29, 1.82) is 0 Å². The minimum atomic E-state index is 0.595. The van der Waals surface area contributed by atoms with Gasteiger partial charge in [-0.15, -0.1) is 0 Å². The molecule has 0 aliphatic heterocycles. The highest BCUT2D eigenvalue weighted by atomic mass is 32.1. The molecular weight excluding hydrogens is 156 g/mol. The number of nitrogens with zero attached hydrogens (tertiary/aromatic N) is 1. The Balaban J connectivity index is 3.47. The number of aromatic amines is 1. The van der Waals surface area contributed by atoms with Gasteiger partial charge in [0.1, 0.15) is 4.64 Å². The molecule has 11 heavy (non-hydrogen) atoms. The van der Waals surface area contributed by atoms with Gasteiger partial charge in [0.15, 0.2) is 0 Å². The van der Waals surface area contributed by atoms with Crippen molar-refractivity contribution in [3.05, 3.63) is 35.1 Å². The monoisotopic (exact) mass is 164 g/mol. The van der Waals surface area contributed by atoms with E-state index in [9.17, 15) is 0 Å². The van der Waals surface area contributed by atoms with E-state index in [2.05, 4.69) is 23.4 Å². The highest BCUT2D eigenvalue weighted by Crippen LogP contribution is 2.09. The van der Waals surface area contributed by atoms with Gasteiger partial charge in [-0.3, -0.25) is 5.10 Å². The molecule has 0 aliphatic carbocycles. The molecule has 0 spiro atoms. The molecule has 0 fully saturated rings. The molecule has 1 heterocycles. The highest BCUT2D eigenvalue weighted by Gasteiger charge is 1.95. The first kappa shape index (κ1) is 7.88. The van der Waals surface area contributed by atoms with Gasteiger partial charge in [0.25, 0.3) is 0 Å². The third kappa shape index (κ3) is 1.43. The Morgan fingerprint density at radius 3 is 2.64 bits per heavy atom. The Bertz CT molecular complexity index is 338. The highest BCUT2D eigenvalue weighted by molar-refractivity contribution is 7.71. The van der Waals surface area contributed by atoms with Crippen LogP contribution in [0.15, 0.2) is 19.4 Å². The molecule has 0 saturated heterocycles. The first-order chi connectivity index (χ1) is 5.29. The zero-order chi connectivity index (χ0) is 8.27. The van der Waals surface area contributed by atoms with Crippen LogP contribution in [-0.4, -0.2) is 10.2 Å². The Labute approximate surface area is 70.3 Å². The summed E-state index contributed by atoms with van der Waals surface area (Å²) in [5.41, 5.74) is 1.79. The standard InChI is InChI=1S/C8H8N2S/c1-3-6-5-9-10-8(11)7(6)4-2/h3-5H,1-2H2,(H,10,11). The predicted molar refractivity (Wildman–Crippen MR) is 49.6 cm³/mol. The molecule has 0 atom stereocenters. The van der Waals surface area contributed by atoms with E-state index in [1.165, 1.54) is 0 Å². The minimum Gasteiger partial charge on any atom is -0.267 e. The summed E-state index contributed by atoms with van der Waals surface area (Å²) in [6, 6.07) is 0. The zero-order valence-electron chi connectivity index (χ0n) is 6.00. The molecule has 0 aliphatic rings. The SMILES string of the molecule is C=Cc1cn[nH]c(=S)c1C=C. The van der Waals surface area contributed by atoms with Crippen molar-refractivity contribution in [2.75, 3.05) is 0 Å². The van der Waals surface area contributed by atoms with Crippen LogP contribution in [0.4, 0.5) is 0 Å². The lowest BCUT2D eigenvalue weighted by Crippen LogP contribution is -1.88. The van der Waals surface area contributed by atoms with E-state index < -0.39 is 0 Å². The fourth-order valence-electron chi connectivity index (χ4n) is 0.795. The first-order valence-corrected chi connectivity index (χ1v) is 3.53. The summed E-state index contributed by atoms with van der Waals surface area (Å²) in [6.45, 7) is 7.27. The third-order valence-corrected chi connectivity index (χ3v) is 1.66. The van der Waals surface area contributed by atoms with Gasteiger partial charge in [0.05, 0.1) is 6.20 Å². The third-order valence-electron chi connectivity index (χ3n) is 1.35.